The molecule has 5 nitrogen and oxygen atoms in total. The SMILES string of the molecule is CCCN(CCC)c1ncc(C(=O)NC2CCCC2)cn1. The Hall–Kier alpha value is -1.65. The Morgan fingerprint density at radius 3 is 2.29 bits per heavy atom. The highest BCUT2D eigenvalue weighted by Gasteiger charge is 2.18. The first-order valence-corrected chi connectivity index (χ1v) is 8.12. The zero-order chi connectivity index (χ0) is 15.1. The van der Waals surface area contributed by atoms with E-state index in [1.807, 2.05) is 0 Å². The van der Waals surface area contributed by atoms with Crippen molar-refractivity contribution in [3.63, 3.8) is 0 Å². The lowest BCUT2D eigenvalue weighted by atomic mass is 10.2. The van der Waals surface area contributed by atoms with Crippen LogP contribution in [0.3, 0.4) is 0 Å². The van der Waals surface area contributed by atoms with Crippen LogP contribution in [0.15, 0.2) is 12.4 Å². The van der Waals surface area contributed by atoms with Crippen molar-refractivity contribution < 1.29 is 4.79 Å². The van der Waals surface area contributed by atoms with E-state index in [2.05, 4.69) is 34.0 Å². The fourth-order valence-electron chi connectivity index (χ4n) is 2.79. The largest absolute Gasteiger partial charge is 0.349 e. The summed E-state index contributed by atoms with van der Waals surface area (Å²) >= 11 is 0. The monoisotopic (exact) mass is 290 g/mol. The second-order valence-electron chi connectivity index (χ2n) is 5.71. The van der Waals surface area contributed by atoms with E-state index >= 15 is 0 Å². The predicted molar refractivity (Wildman–Crippen MR) is 84.5 cm³/mol. The summed E-state index contributed by atoms with van der Waals surface area (Å²) < 4.78 is 0. The van der Waals surface area contributed by atoms with Crippen LogP contribution in [0.4, 0.5) is 5.95 Å². The van der Waals surface area contributed by atoms with Crippen LogP contribution < -0.4 is 10.2 Å². The smallest absolute Gasteiger partial charge is 0.254 e. The summed E-state index contributed by atoms with van der Waals surface area (Å²) in [6, 6.07) is 0.328. The number of aromatic nitrogens is 2. The average molecular weight is 290 g/mol. The number of hydrogen-bond acceptors (Lipinski definition) is 4. The Morgan fingerprint density at radius 1 is 1.19 bits per heavy atom. The molecular formula is C16H26N4O. The molecule has 116 valence electrons. The van der Waals surface area contributed by atoms with Gasteiger partial charge in [-0.3, -0.25) is 4.79 Å². The summed E-state index contributed by atoms with van der Waals surface area (Å²) in [5, 5.41) is 3.06. The average Bonchev–Trinajstić information content (AvgIpc) is 3.00. The zero-order valence-corrected chi connectivity index (χ0v) is 13.1. The second-order valence-corrected chi connectivity index (χ2v) is 5.71. The molecule has 1 amide bonds. The number of nitrogens with one attached hydrogen (secondary N) is 1. The molecule has 0 atom stereocenters. The minimum Gasteiger partial charge on any atom is -0.349 e. The van der Waals surface area contributed by atoms with Crippen LogP contribution in [0.2, 0.25) is 0 Å². The molecule has 21 heavy (non-hydrogen) atoms. The van der Waals surface area contributed by atoms with Crippen molar-refractivity contribution in [2.24, 2.45) is 0 Å². The molecule has 0 aliphatic heterocycles. The van der Waals surface area contributed by atoms with E-state index in [9.17, 15) is 4.79 Å². The third-order valence-corrected chi connectivity index (χ3v) is 3.86. The van der Waals surface area contributed by atoms with Crippen molar-refractivity contribution in [3.8, 4) is 0 Å². The number of amides is 1. The highest BCUT2D eigenvalue weighted by atomic mass is 16.1. The minimum absolute atomic E-state index is 0.0500. The lowest BCUT2D eigenvalue weighted by Crippen LogP contribution is -2.33. The summed E-state index contributed by atoms with van der Waals surface area (Å²) in [5.41, 5.74) is 0.554. The molecule has 0 radical (unpaired) electrons. The summed E-state index contributed by atoms with van der Waals surface area (Å²) in [4.78, 5) is 23.0. The van der Waals surface area contributed by atoms with Gasteiger partial charge in [0.2, 0.25) is 5.95 Å². The van der Waals surface area contributed by atoms with Gasteiger partial charge < -0.3 is 10.2 Å². The fourth-order valence-corrected chi connectivity index (χ4v) is 2.79. The number of carbonyl (C=O) groups is 1. The first kappa shape index (κ1) is 15.7. The lowest BCUT2D eigenvalue weighted by molar-refractivity contribution is 0.0937. The molecule has 1 aromatic rings. The van der Waals surface area contributed by atoms with Gasteiger partial charge in [0.25, 0.3) is 5.91 Å². The van der Waals surface area contributed by atoms with E-state index in [4.69, 9.17) is 0 Å². The molecule has 0 spiro atoms. The number of nitrogens with zero attached hydrogens (tertiary/aromatic N) is 3. The summed E-state index contributed by atoms with van der Waals surface area (Å²) in [7, 11) is 0. The Balaban J connectivity index is 1.97. The van der Waals surface area contributed by atoms with Crippen LogP contribution >= 0.6 is 0 Å². The minimum atomic E-state index is -0.0500. The first-order chi connectivity index (χ1) is 10.2. The normalized spacial score (nSPS) is 15.1. The number of anilines is 1. The Labute approximate surface area is 127 Å². The van der Waals surface area contributed by atoms with Crippen LogP contribution in [0, 0.1) is 0 Å². The molecule has 1 heterocycles. The number of carbonyl (C=O) groups excluding carboxylic acids is 1. The van der Waals surface area contributed by atoms with Crippen molar-refractivity contribution in [1.82, 2.24) is 15.3 Å². The molecule has 1 aromatic heterocycles. The molecular weight excluding hydrogens is 264 g/mol. The quantitative estimate of drug-likeness (QED) is 0.839. The Bertz CT molecular complexity index is 434. The zero-order valence-electron chi connectivity index (χ0n) is 13.1. The fraction of sp³-hybridized carbons (Fsp3) is 0.688. The third-order valence-electron chi connectivity index (χ3n) is 3.86. The molecule has 0 aromatic carbocycles. The van der Waals surface area contributed by atoms with E-state index in [0.29, 0.717) is 11.6 Å². The van der Waals surface area contributed by atoms with Crippen molar-refractivity contribution in [3.05, 3.63) is 18.0 Å². The molecule has 0 saturated heterocycles. The van der Waals surface area contributed by atoms with Crippen molar-refractivity contribution in [1.29, 1.82) is 0 Å². The summed E-state index contributed by atoms with van der Waals surface area (Å²) in [6.45, 7) is 6.18. The van der Waals surface area contributed by atoms with E-state index in [1.54, 1.807) is 12.4 Å². The van der Waals surface area contributed by atoms with Gasteiger partial charge in [-0.1, -0.05) is 26.7 Å². The molecule has 2 rings (SSSR count). The maximum Gasteiger partial charge on any atom is 0.254 e. The molecule has 1 saturated carbocycles. The van der Waals surface area contributed by atoms with Gasteiger partial charge in [0.05, 0.1) is 5.56 Å². The predicted octanol–water partition coefficient (Wildman–Crippen LogP) is 2.78. The topological polar surface area (TPSA) is 58.1 Å². The summed E-state index contributed by atoms with van der Waals surface area (Å²) in [6.07, 6.45) is 10.0. The molecule has 1 aliphatic carbocycles. The highest BCUT2D eigenvalue weighted by molar-refractivity contribution is 5.93. The molecule has 0 unspecified atom stereocenters. The van der Waals surface area contributed by atoms with Crippen molar-refractivity contribution >= 4 is 11.9 Å². The van der Waals surface area contributed by atoms with Crippen molar-refractivity contribution in [2.45, 2.75) is 58.4 Å². The van der Waals surface area contributed by atoms with Crippen molar-refractivity contribution in [2.75, 3.05) is 18.0 Å². The van der Waals surface area contributed by atoms with E-state index in [0.717, 1.165) is 44.7 Å². The van der Waals surface area contributed by atoms with Gasteiger partial charge in [-0.15, -0.1) is 0 Å². The van der Waals surface area contributed by atoms with Crippen LogP contribution in [-0.2, 0) is 0 Å². The van der Waals surface area contributed by atoms with E-state index < -0.39 is 0 Å². The van der Waals surface area contributed by atoms with Gasteiger partial charge in [-0.2, -0.15) is 0 Å². The molecule has 1 aliphatic rings. The maximum atomic E-state index is 12.1. The van der Waals surface area contributed by atoms with Crippen LogP contribution in [0.5, 0.6) is 0 Å². The maximum absolute atomic E-state index is 12.1. The number of hydrogen-bond donors (Lipinski definition) is 1. The van der Waals surface area contributed by atoms with Gasteiger partial charge in [-0.25, -0.2) is 9.97 Å². The molecule has 0 bridgehead atoms. The van der Waals surface area contributed by atoms with Crippen LogP contribution in [-0.4, -0.2) is 35.0 Å². The van der Waals surface area contributed by atoms with Gasteiger partial charge in [-0.05, 0) is 25.7 Å². The molecule has 5 heteroatoms. The van der Waals surface area contributed by atoms with E-state index in [-0.39, 0.29) is 5.91 Å². The van der Waals surface area contributed by atoms with E-state index in [1.165, 1.54) is 12.8 Å². The van der Waals surface area contributed by atoms with Gasteiger partial charge in [0, 0.05) is 31.5 Å². The second kappa shape index (κ2) is 7.96. The molecule has 1 N–H and O–H groups in total. The summed E-state index contributed by atoms with van der Waals surface area (Å²) in [5.74, 6) is 0.669. The van der Waals surface area contributed by atoms with Gasteiger partial charge >= 0.3 is 0 Å². The Kier molecular flexibility index (Phi) is 5.96. The lowest BCUT2D eigenvalue weighted by Gasteiger charge is -2.21. The molecule has 1 fully saturated rings. The standard InChI is InChI=1S/C16H26N4O/c1-3-9-20(10-4-2)16-17-11-13(12-18-16)15(21)19-14-7-5-6-8-14/h11-12,14H,3-10H2,1-2H3,(H,19,21). The van der Waals surface area contributed by atoms with Crippen LogP contribution in [0.25, 0.3) is 0 Å². The van der Waals surface area contributed by atoms with Gasteiger partial charge in [0.15, 0.2) is 0 Å². The Morgan fingerprint density at radius 2 is 1.76 bits per heavy atom. The third kappa shape index (κ3) is 4.41. The van der Waals surface area contributed by atoms with Crippen LogP contribution in [0.1, 0.15) is 62.7 Å². The number of rotatable bonds is 7. The first-order valence-electron chi connectivity index (χ1n) is 8.12. The van der Waals surface area contributed by atoms with Gasteiger partial charge in [0.1, 0.15) is 0 Å². The highest BCUT2D eigenvalue weighted by Crippen LogP contribution is 2.18.